The maximum atomic E-state index is 4.01. The van der Waals surface area contributed by atoms with Crippen molar-refractivity contribution < 1.29 is 0 Å². The summed E-state index contributed by atoms with van der Waals surface area (Å²) in [6.45, 7) is 16.0. The number of allylic oxidation sites excluding steroid dienone is 1. The highest BCUT2D eigenvalue weighted by molar-refractivity contribution is 4.98. The first-order valence-corrected chi connectivity index (χ1v) is 7.60. The summed E-state index contributed by atoms with van der Waals surface area (Å²) in [7, 11) is 0. The second kappa shape index (κ2) is 6.07. The smallest absolute Gasteiger partial charge is 0.0233 e. The highest BCUT2D eigenvalue weighted by atomic mass is 14.5. The molecule has 0 amide bonds. The van der Waals surface area contributed by atoms with Gasteiger partial charge >= 0.3 is 0 Å². The molecule has 1 aliphatic rings. The third-order valence-corrected chi connectivity index (χ3v) is 5.43. The summed E-state index contributed by atoms with van der Waals surface area (Å²) < 4.78 is 0. The van der Waals surface area contributed by atoms with Crippen molar-refractivity contribution in [1.29, 1.82) is 0 Å². The van der Waals surface area contributed by atoms with Crippen molar-refractivity contribution in [2.75, 3.05) is 0 Å². The summed E-state index contributed by atoms with van der Waals surface area (Å²) in [6, 6.07) is 0. The zero-order valence-electron chi connectivity index (χ0n) is 12.6. The molecular weight excluding hydrogens is 204 g/mol. The molecule has 0 heterocycles. The van der Waals surface area contributed by atoms with Gasteiger partial charge in [0.2, 0.25) is 0 Å². The highest BCUT2D eigenvalue weighted by Gasteiger charge is 2.45. The van der Waals surface area contributed by atoms with E-state index in [-0.39, 0.29) is 0 Å². The summed E-state index contributed by atoms with van der Waals surface area (Å²) >= 11 is 0. The van der Waals surface area contributed by atoms with E-state index < -0.39 is 0 Å². The number of rotatable bonds is 7. The van der Waals surface area contributed by atoms with Crippen LogP contribution in [0.5, 0.6) is 0 Å². The standard InChI is InChI=1S/C17H32/c1-7-14(5)15(6)17(8-2,12-13(3)4)16-10-9-11-16/h7,13-16H,1,8-12H2,2-6H3. The Labute approximate surface area is 109 Å². The van der Waals surface area contributed by atoms with Gasteiger partial charge in [0.25, 0.3) is 0 Å². The summed E-state index contributed by atoms with van der Waals surface area (Å²) in [5.74, 6) is 3.22. The summed E-state index contributed by atoms with van der Waals surface area (Å²) in [5, 5.41) is 0. The van der Waals surface area contributed by atoms with Crippen LogP contribution in [-0.2, 0) is 0 Å². The van der Waals surface area contributed by atoms with Crippen molar-refractivity contribution in [2.24, 2.45) is 29.1 Å². The van der Waals surface area contributed by atoms with E-state index in [4.69, 9.17) is 0 Å². The Balaban J connectivity index is 2.92. The molecule has 0 aliphatic heterocycles. The van der Waals surface area contributed by atoms with Gasteiger partial charge in [-0.3, -0.25) is 0 Å². The van der Waals surface area contributed by atoms with Gasteiger partial charge in [-0.05, 0) is 54.8 Å². The van der Waals surface area contributed by atoms with Crippen LogP contribution >= 0.6 is 0 Å². The monoisotopic (exact) mass is 236 g/mol. The van der Waals surface area contributed by atoms with Crippen molar-refractivity contribution in [3.8, 4) is 0 Å². The topological polar surface area (TPSA) is 0 Å². The summed E-state index contributed by atoms with van der Waals surface area (Å²) in [4.78, 5) is 0. The lowest BCUT2D eigenvalue weighted by atomic mass is 9.53. The largest absolute Gasteiger partial charge is 0.103 e. The molecule has 1 fully saturated rings. The fraction of sp³-hybridized carbons (Fsp3) is 0.882. The van der Waals surface area contributed by atoms with Crippen molar-refractivity contribution in [3.63, 3.8) is 0 Å². The Morgan fingerprint density at radius 3 is 2.12 bits per heavy atom. The summed E-state index contributed by atoms with van der Waals surface area (Å²) in [5.41, 5.74) is 0.569. The molecule has 0 aromatic heterocycles. The lowest BCUT2D eigenvalue weighted by Gasteiger charge is -2.51. The van der Waals surface area contributed by atoms with Gasteiger partial charge in [-0.25, -0.2) is 0 Å². The first kappa shape index (κ1) is 14.8. The molecule has 0 spiro atoms. The Hall–Kier alpha value is -0.260. The van der Waals surface area contributed by atoms with Crippen molar-refractivity contribution >= 4 is 0 Å². The van der Waals surface area contributed by atoms with Crippen LogP contribution in [0.15, 0.2) is 12.7 Å². The van der Waals surface area contributed by atoms with Gasteiger partial charge in [0, 0.05) is 0 Å². The van der Waals surface area contributed by atoms with Crippen LogP contribution < -0.4 is 0 Å². The van der Waals surface area contributed by atoms with Gasteiger partial charge in [0.1, 0.15) is 0 Å². The van der Waals surface area contributed by atoms with Gasteiger partial charge in [-0.15, -0.1) is 6.58 Å². The molecule has 1 rings (SSSR count). The van der Waals surface area contributed by atoms with E-state index in [0.29, 0.717) is 11.3 Å². The Kier molecular flexibility index (Phi) is 5.28. The fourth-order valence-electron chi connectivity index (χ4n) is 3.95. The van der Waals surface area contributed by atoms with E-state index in [9.17, 15) is 0 Å². The minimum atomic E-state index is 0.569. The van der Waals surface area contributed by atoms with Gasteiger partial charge in [0.05, 0.1) is 0 Å². The quantitative estimate of drug-likeness (QED) is 0.498. The number of hydrogen-bond donors (Lipinski definition) is 0. The van der Waals surface area contributed by atoms with Crippen LogP contribution in [0.3, 0.4) is 0 Å². The highest BCUT2D eigenvalue weighted by Crippen LogP contribution is 2.54. The zero-order chi connectivity index (χ0) is 13.1. The molecule has 0 radical (unpaired) electrons. The molecule has 17 heavy (non-hydrogen) atoms. The predicted octanol–water partition coefficient (Wildman–Crippen LogP) is 5.69. The van der Waals surface area contributed by atoms with E-state index >= 15 is 0 Å². The van der Waals surface area contributed by atoms with Crippen LogP contribution in [0.1, 0.15) is 66.7 Å². The third kappa shape index (κ3) is 2.95. The van der Waals surface area contributed by atoms with Gasteiger partial charge in [-0.1, -0.05) is 47.1 Å². The zero-order valence-corrected chi connectivity index (χ0v) is 12.6. The first-order chi connectivity index (χ1) is 7.97. The molecule has 3 atom stereocenters. The van der Waals surface area contributed by atoms with Crippen LogP contribution in [0.2, 0.25) is 0 Å². The van der Waals surface area contributed by atoms with Gasteiger partial charge in [-0.2, -0.15) is 0 Å². The van der Waals surface area contributed by atoms with Crippen LogP contribution in [-0.4, -0.2) is 0 Å². The molecule has 0 N–H and O–H groups in total. The molecule has 1 aliphatic carbocycles. The Bertz CT molecular complexity index is 236. The molecule has 0 aromatic rings. The summed E-state index contributed by atoms with van der Waals surface area (Å²) in [6.07, 6.45) is 9.29. The second-order valence-electron chi connectivity index (χ2n) is 6.70. The van der Waals surface area contributed by atoms with E-state index in [2.05, 4.69) is 47.3 Å². The molecule has 3 unspecified atom stereocenters. The normalized spacial score (nSPS) is 23.9. The SMILES string of the molecule is C=CC(C)C(C)C(CC)(CC(C)C)C1CCC1. The third-order valence-electron chi connectivity index (χ3n) is 5.43. The minimum Gasteiger partial charge on any atom is -0.103 e. The molecule has 0 saturated heterocycles. The predicted molar refractivity (Wildman–Crippen MR) is 78.0 cm³/mol. The molecule has 0 bridgehead atoms. The molecular formula is C17H32. The average Bonchev–Trinajstić information content (AvgIpc) is 2.22. The first-order valence-electron chi connectivity index (χ1n) is 7.60. The molecule has 0 aromatic carbocycles. The van der Waals surface area contributed by atoms with E-state index in [1.165, 1.54) is 32.1 Å². The number of hydrogen-bond acceptors (Lipinski definition) is 0. The lowest BCUT2D eigenvalue weighted by molar-refractivity contribution is -0.0129. The van der Waals surface area contributed by atoms with Crippen LogP contribution in [0.4, 0.5) is 0 Å². The van der Waals surface area contributed by atoms with E-state index in [1.54, 1.807) is 0 Å². The molecule has 0 heteroatoms. The van der Waals surface area contributed by atoms with Crippen molar-refractivity contribution in [1.82, 2.24) is 0 Å². The molecule has 0 nitrogen and oxygen atoms in total. The lowest BCUT2D eigenvalue weighted by Crippen LogP contribution is -2.43. The van der Waals surface area contributed by atoms with E-state index in [0.717, 1.165) is 17.8 Å². The van der Waals surface area contributed by atoms with Crippen LogP contribution in [0.25, 0.3) is 0 Å². The van der Waals surface area contributed by atoms with Crippen LogP contribution in [0, 0.1) is 29.1 Å². The second-order valence-corrected chi connectivity index (χ2v) is 6.70. The fourth-order valence-corrected chi connectivity index (χ4v) is 3.95. The maximum absolute atomic E-state index is 4.01. The maximum Gasteiger partial charge on any atom is -0.0233 e. The Morgan fingerprint density at radius 1 is 1.24 bits per heavy atom. The Morgan fingerprint density at radius 2 is 1.82 bits per heavy atom. The van der Waals surface area contributed by atoms with E-state index in [1.807, 2.05) is 0 Å². The van der Waals surface area contributed by atoms with Gasteiger partial charge < -0.3 is 0 Å². The van der Waals surface area contributed by atoms with Crippen molar-refractivity contribution in [2.45, 2.75) is 66.7 Å². The van der Waals surface area contributed by atoms with Crippen molar-refractivity contribution in [3.05, 3.63) is 12.7 Å². The molecule has 100 valence electrons. The minimum absolute atomic E-state index is 0.569. The van der Waals surface area contributed by atoms with Gasteiger partial charge in [0.15, 0.2) is 0 Å². The molecule has 1 saturated carbocycles. The average molecular weight is 236 g/mol.